The molecule has 1 aromatic carbocycles. The van der Waals surface area contributed by atoms with Gasteiger partial charge < -0.3 is 23.8 Å². The molecule has 3 rings (SSSR count). The molecule has 148 valence electrons. The van der Waals surface area contributed by atoms with Gasteiger partial charge in [0.05, 0.1) is 31.4 Å². The minimum atomic E-state index is -2.00. The predicted molar refractivity (Wildman–Crippen MR) is 126 cm³/mol. The van der Waals surface area contributed by atoms with E-state index < -0.39 is 39.3 Å². The molecule has 14 heteroatoms. The molecule has 0 unspecified atom stereocenters. The van der Waals surface area contributed by atoms with Crippen LogP contribution < -0.4 is 14.2 Å². The number of likely N-dealkylation sites (tertiary alicyclic amines) is 1. The second-order valence-electron chi connectivity index (χ2n) is 9.35. The van der Waals surface area contributed by atoms with E-state index in [2.05, 4.69) is 0 Å². The lowest BCUT2D eigenvalue weighted by Crippen LogP contribution is -2.71. The third kappa shape index (κ3) is 4.99. The van der Waals surface area contributed by atoms with Crippen molar-refractivity contribution in [3.63, 3.8) is 0 Å². The smallest absolute Gasteiger partial charge is 0.408 e. The van der Waals surface area contributed by atoms with Crippen molar-refractivity contribution < 1.29 is 23.7 Å². The molecule has 1 saturated heterocycles. The molecule has 1 fully saturated rings. The zero-order valence-corrected chi connectivity index (χ0v) is 18.3. The van der Waals surface area contributed by atoms with Crippen molar-refractivity contribution in [2.75, 3.05) is 0 Å². The summed E-state index contributed by atoms with van der Waals surface area (Å²) >= 11 is 0. The van der Waals surface area contributed by atoms with Crippen molar-refractivity contribution >= 4 is 68.9 Å². The first-order chi connectivity index (χ1) is 14.3. The van der Waals surface area contributed by atoms with E-state index in [1.54, 1.807) is 26.8 Å². The van der Waals surface area contributed by atoms with Gasteiger partial charge in [0.25, 0.3) is 0 Å². The van der Waals surface area contributed by atoms with E-state index in [1.165, 1.54) is 12.1 Å². The van der Waals surface area contributed by atoms with Crippen molar-refractivity contribution in [3.8, 4) is 17.2 Å². The number of carbonyl (C=O) groups excluding carboxylic acids is 1. The molecule has 2 aliphatic rings. The SMILES string of the molecule is [B]C1([B])CC(Oc2ccc3c(c2)OC([B])([B])C([B])([B])O3)CC([B])([B])N1C(=O)OC(C)(C)C. The second kappa shape index (κ2) is 7.73. The Bertz CT molecular complexity index is 884. The Morgan fingerprint density at radius 2 is 1.44 bits per heavy atom. The molecule has 1 aromatic rings. The van der Waals surface area contributed by atoms with Crippen molar-refractivity contribution in [2.45, 2.75) is 66.8 Å². The summed E-state index contributed by atoms with van der Waals surface area (Å²) < 4.78 is 22.2. The molecular weight excluding hydrogens is 397 g/mol. The van der Waals surface area contributed by atoms with Gasteiger partial charge in [0.15, 0.2) is 11.5 Å². The fraction of sp³-hybridized carbons (Fsp3) is 0.611. The van der Waals surface area contributed by atoms with E-state index in [0.29, 0.717) is 5.75 Å². The van der Waals surface area contributed by atoms with Crippen molar-refractivity contribution in [3.05, 3.63) is 18.2 Å². The number of rotatable bonds is 2. The number of carbonyl (C=O) groups is 1. The lowest BCUT2D eigenvalue weighted by atomic mass is 9.41. The van der Waals surface area contributed by atoms with Crippen LogP contribution in [-0.2, 0) is 4.74 Å². The number of ether oxygens (including phenoxy) is 4. The molecule has 6 nitrogen and oxygen atoms in total. The van der Waals surface area contributed by atoms with Gasteiger partial charge in [-0.25, -0.2) is 4.79 Å². The summed E-state index contributed by atoms with van der Waals surface area (Å²) in [6, 6.07) is 4.56. The lowest BCUT2D eigenvalue weighted by molar-refractivity contribution is -0.0129. The molecule has 2 aliphatic heterocycles. The molecule has 0 aliphatic carbocycles. The van der Waals surface area contributed by atoms with E-state index in [1.807, 2.05) is 0 Å². The van der Waals surface area contributed by atoms with Crippen LogP contribution in [-0.4, -0.2) is 107 Å². The second-order valence-corrected chi connectivity index (χ2v) is 9.35. The van der Waals surface area contributed by atoms with Gasteiger partial charge in [0.1, 0.15) is 48.8 Å². The third-order valence-electron chi connectivity index (χ3n) is 4.90. The first-order valence-electron chi connectivity index (χ1n) is 9.86. The average Bonchev–Trinajstić information content (AvgIpc) is 2.51. The summed E-state index contributed by atoms with van der Waals surface area (Å²) in [7, 11) is 47.8. The van der Waals surface area contributed by atoms with Crippen LogP contribution in [0.3, 0.4) is 0 Å². The summed E-state index contributed by atoms with van der Waals surface area (Å²) in [4.78, 5) is 13.6. The Morgan fingerprint density at radius 1 is 0.938 bits per heavy atom. The van der Waals surface area contributed by atoms with Gasteiger partial charge in [-0.2, -0.15) is 0 Å². The van der Waals surface area contributed by atoms with Gasteiger partial charge in [-0.05, 0) is 56.4 Å². The van der Waals surface area contributed by atoms with E-state index in [4.69, 9.17) is 81.7 Å². The fourth-order valence-corrected chi connectivity index (χ4v) is 3.54. The largest absolute Gasteiger partial charge is 0.501 e. The monoisotopic (exact) mass is 415 g/mol. The Hall–Kier alpha value is -1.59. The van der Waals surface area contributed by atoms with Gasteiger partial charge in [0.2, 0.25) is 0 Å². The zero-order chi connectivity index (χ0) is 24.3. The maximum Gasteiger partial charge on any atom is 0.408 e. The van der Waals surface area contributed by atoms with Crippen LogP contribution in [0.25, 0.3) is 0 Å². The quantitative estimate of drug-likeness (QED) is 0.594. The number of hydrogen-bond acceptors (Lipinski definition) is 5. The van der Waals surface area contributed by atoms with Crippen LogP contribution in [0, 0.1) is 0 Å². The van der Waals surface area contributed by atoms with Crippen LogP contribution in [0.5, 0.6) is 17.2 Å². The molecule has 0 bridgehead atoms. The minimum Gasteiger partial charge on any atom is -0.501 e. The molecule has 0 atom stereocenters. The Labute approximate surface area is 199 Å². The van der Waals surface area contributed by atoms with Crippen molar-refractivity contribution in [1.29, 1.82) is 0 Å². The summed E-state index contributed by atoms with van der Waals surface area (Å²) in [5.74, 6) is 0.698. The highest BCUT2D eigenvalue weighted by Gasteiger charge is 2.48. The standard InChI is InChI=1S/C18H17B8NO5/c1-14(2,3)32-13(28)27-15(19,20)7-10(8-16(27,21)22)29-9-4-5-11-12(6-9)31-18(25,26)17(23,24)30-11/h4-6,10H,7-8H2,1-3H3. The highest BCUT2D eigenvalue weighted by atomic mass is 16.6. The molecule has 0 spiro atoms. The van der Waals surface area contributed by atoms with Gasteiger partial charge in [0, 0.05) is 16.9 Å². The van der Waals surface area contributed by atoms with Crippen LogP contribution in [0.1, 0.15) is 33.6 Å². The third-order valence-corrected chi connectivity index (χ3v) is 4.90. The van der Waals surface area contributed by atoms with Gasteiger partial charge in [-0.1, -0.05) is 0 Å². The first-order valence-corrected chi connectivity index (χ1v) is 9.86. The normalized spacial score (nSPS) is 23.2. The lowest BCUT2D eigenvalue weighted by Gasteiger charge is -2.56. The van der Waals surface area contributed by atoms with E-state index >= 15 is 0 Å². The fourth-order valence-electron chi connectivity index (χ4n) is 3.54. The average molecular weight is 414 g/mol. The van der Waals surface area contributed by atoms with Crippen LogP contribution in [0.15, 0.2) is 18.2 Å². The highest BCUT2D eigenvalue weighted by Crippen LogP contribution is 2.42. The molecule has 0 saturated carbocycles. The van der Waals surface area contributed by atoms with Crippen molar-refractivity contribution in [1.82, 2.24) is 4.90 Å². The maximum absolute atomic E-state index is 12.7. The van der Waals surface area contributed by atoms with Gasteiger partial charge in [-0.15, -0.1) is 0 Å². The molecule has 2 heterocycles. The van der Waals surface area contributed by atoms with Crippen LogP contribution in [0.4, 0.5) is 4.79 Å². The summed E-state index contributed by atoms with van der Waals surface area (Å²) in [6.07, 6.45) is -1.49. The predicted octanol–water partition coefficient (Wildman–Crippen LogP) is -0.801. The van der Waals surface area contributed by atoms with Crippen LogP contribution in [0.2, 0.25) is 0 Å². The number of amides is 1. The number of nitrogens with zero attached hydrogens (tertiary/aromatic N) is 1. The molecular formula is C18H17B8NO5. The highest BCUT2D eigenvalue weighted by molar-refractivity contribution is 6.53. The zero-order valence-electron chi connectivity index (χ0n) is 18.3. The summed E-state index contributed by atoms with van der Waals surface area (Å²) in [5.41, 5.74) is -0.798. The van der Waals surface area contributed by atoms with Gasteiger partial charge >= 0.3 is 6.09 Å². The topological polar surface area (TPSA) is 57.2 Å². The summed E-state index contributed by atoms with van der Waals surface area (Å²) in [6.45, 7) is 5.09. The van der Waals surface area contributed by atoms with E-state index in [-0.39, 0.29) is 24.3 Å². The van der Waals surface area contributed by atoms with Gasteiger partial charge in [-0.3, -0.25) is 0 Å². The van der Waals surface area contributed by atoms with Crippen LogP contribution >= 0.6 is 0 Å². The molecule has 0 aromatic heterocycles. The minimum absolute atomic E-state index is 0.00324. The molecule has 32 heavy (non-hydrogen) atoms. The summed E-state index contributed by atoms with van der Waals surface area (Å²) in [5, 5.41) is -7.44. The Kier molecular flexibility index (Phi) is 6.05. The maximum atomic E-state index is 12.7. The number of benzene rings is 1. The number of piperidine rings is 1. The Morgan fingerprint density at radius 3 is 1.94 bits per heavy atom. The first kappa shape index (κ1) is 25.0. The van der Waals surface area contributed by atoms with E-state index in [0.717, 1.165) is 4.90 Å². The Balaban J connectivity index is 1.79. The van der Waals surface area contributed by atoms with Crippen molar-refractivity contribution in [2.24, 2.45) is 0 Å². The van der Waals surface area contributed by atoms with E-state index in [9.17, 15) is 4.79 Å². The number of hydrogen-bond donors (Lipinski definition) is 0. The molecule has 0 N–H and O–H groups in total. The molecule has 1 amide bonds. The molecule has 16 radical (unpaired) electrons. The number of fused-ring (bicyclic) bond motifs is 1.